The van der Waals surface area contributed by atoms with Crippen LogP contribution in [0.15, 0.2) is 69.2 Å². The zero-order chi connectivity index (χ0) is 19.7. The highest BCUT2D eigenvalue weighted by molar-refractivity contribution is 9.10. The molecule has 4 aromatic rings. The van der Waals surface area contributed by atoms with E-state index in [4.69, 9.17) is 4.74 Å². The number of halogens is 1. The van der Waals surface area contributed by atoms with Gasteiger partial charge in [0.25, 0.3) is 5.56 Å². The third kappa shape index (κ3) is 3.44. The second-order valence-corrected chi connectivity index (χ2v) is 7.77. The summed E-state index contributed by atoms with van der Waals surface area (Å²) in [6.07, 6.45) is 2.91. The Labute approximate surface area is 172 Å². The predicted octanol–water partition coefficient (Wildman–Crippen LogP) is 4.48. The average molecular weight is 456 g/mol. The number of benzene rings is 2. The molecule has 0 aliphatic carbocycles. The number of hydrogen-bond donors (Lipinski definition) is 1. The first kappa shape index (κ1) is 18.4. The van der Waals surface area contributed by atoms with Gasteiger partial charge in [-0.15, -0.1) is 11.3 Å². The number of phenols is 1. The van der Waals surface area contributed by atoms with Crippen molar-refractivity contribution in [3.05, 3.63) is 75.2 Å². The number of phenolic OH excluding ortho intramolecular Hbond substituents is 1. The Balaban J connectivity index is 1.72. The van der Waals surface area contributed by atoms with Crippen molar-refractivity contribution in [1.29, 1.82) is 0 Å². The normalized spacial score (nSPS) is 11.4. The monoisotopic (exact) mass is 455 g/mol. The number of ether oxygens (including phenoxy) is 1. The molecule has 0 saturated heterocycles. The van der Waals surface area contributed by atoms with Crippen LogP contribution in [-0.4, -0.2) is 28.1 Å². The number of aromatic hydroxyl groups is 1. The van der Waals surface area contributed by atoms with Crippen LogP contribution in [0.25, 0.3) is 20.7 Å². The van der Waals surface area contributed by atoms with Gasteiger partial charge >= 0.3 is 0 Å². The zero-order valence-electron chi connectivity index (χ0n) is 14.7. The Morgan fingerprint density at radius 1 is 1.25 bits per heavy atom. The number of rotatable bonds is 4. The molecular weight excluding hydrogens is 442 g/mol. The average Bonchev–Trinajstić information content (AvgIpc) is 3.16. The molecule has 0 bridgehead atoms. The molecule has 2 aromatic carbocycles. The molecule has 1 N–H and O–H groups in total. The van der Waals surface area contributed by atoms with E-state index in [1.54, 1.807) is 12.1 Å². The van der Waals surface area contributed by atoms with Gasteiger partial charge in [0.05, 0.1) is 23.2 Å². The summed E-state index contributed by atoms with van der Waals surface area (Å²) in [5.41, 5.74) is 1.45. The first-order valence-corrected chi connectivity index (χ1v) is 9.85. The van der Waals surface area contributed by atoms with Crippen LogP contribution in [0.4, 0.5) is 0 Å². The Kier molecular flexibility index (Phi) is 4.97. The van der Waals surface area contributed by atoms with Crippen molar-refractivity contribution >= 4 is 43.7 Å². The summed E-state index contributed by atoms with van der Waals surface area (Å²) in [6.45, 7) is 0. The summed E-state index contributed by atoms with van der Waals surface area (Å²) in [5.74, 6) is 0.314. The standard InChI is InChI=1S/C20H14BrN3O3S/c1-27-16-8-12(7-15(21)18(16)25)10-23-24-11-22-19-14(20(24)26)9-17(28-19)13-5-3-2-4-6-13/h2-11,25H,1H3. The molecule has 6 nitrogen and oxygen atoms in total. The minimum absolute atomic E-state index is 0.00613. The lowest BCUT2D eigenvalue weighted by Gasteiger charge is -2.06. The molecule has 0 atom stereocenters. The molecule has 140 valence electrons. The molecule has 0 saturated carbocycles. The van der Waals surface area contributed by atoms with Gasteiger partial charge < -0.3 is 9.84 Å². The molecule has 0 fully saturated rings. The van der Waals surface area contributed by atoms with E-state index in [1.807, 2.05) is 36.4 Å². The lowest BCUT2D eigenvalue weighted by molar-refractivity contribution is 0.372. The second-order valence-electron chi connectivity index (χ2n) is 5.89. The summed E-state index contributed by atoms with van der Waals surface area (Å²) < 4.78 is 6.79. The van der Waals surface area contributed by atoms with Gasteiger partial charge in [0.15, 0.2) is 11.5 Å². The molecule has 8 heteroatoms. The van der Waals surface area contributed by atoms with Crippen molar-refractivity contribution in [2.45, 2.75) is 0 Å². The molecule has 28 heavy (non-hydrogen) atoms. The highest BCUT2D eigenvalue weighted by atomic mass is 79.9. The number of thiophene rings is 1. The number of hydrogen-bond acceptors (Lipinski definition) is 6. The van der Waals surface area contributed by atoms with Gasteiger partial charge in [-0.2, -0.15) is 9.78 Å². The molecule has 4 rings (SSSR count). The fourth-order valence-corrected chi connectivity index (χ4v) is 4.15. The first-order chi connectivity index (χ1) is 13.6. The quantitative estimate of drug-likeness (QED) is 0.460. The van der Waals surface area contributed by atoms with E-state index >= 15 is 0 Å². The van der Waals surface area contributed by atoms with Crippen LogP contribution in [0.3, 0.4) is 0 Å². The fourth-order valence-electron chi connectivity index (χ4n) is 2.69. The van der Waals surface area contributed by atoms with Crippen molar-refractivity contribution in [1.82, 2.24) is 9.66 Å². The number of fused-ring (bicyclic) bond motifs is 1. The van der Waals surface area contributed by atoms with E-state index in [1.165, 1.54) is 35.7 Å². The SMILES string of the molecule is COc1cc(C=Nn2cnc3sc(-c4ccccc4)cc3c2=O)cc(Br)c1O. The van der Waals surface area contributed by atoms with Gasteiger partial charge in [-0.25, -0.2) is 4.98 Å². The molecule has 2 heterocycles. The van der Waals surface area contributed by atoms with E-state index in [9.17, 15) is 9.90 Å². The van der Waals surface area contributed by atoms with E-state index in [0.717, 1.165) is 10.4 Å². The maximum absolute atomic E-state index is 12.8. The third-order valence-corrected chi connectivity index (χ3v) is 5.79. The van der Waals surface area contributed by atoms with Crippen LogP contribution in [-0.2, 0) is 0 Å². The van der Waals surface area contributed by atoms with Gasteiger partial charge in [-0.1, -0.05) is 30.3 Å². The molecule has 2 aromatic heterocycles. The smallest absolute Gasteiger partial charge is 0.282 e. The summed E-state index contributed by atoms with van der Waals surface area (Å²) in [7, 11) is 1.46. The van der Waals surface area contributed by atoms with Crippen LogP contribution in [0.2, 0.25) is 0 Å². The highest BCUT2D eigenvalue weighted by Crippen LogP contribution is 2.34. The third-order valence-electron chi connectivity index (χ3n) is 4.10. The van der Waals surface area contributed by atoms with Crippen molar-refractivity contribution in [2.75, 3.05) is 7.11 Å². The topological polar surface area (TPSA) is 76.7 Å². The van der Waals surface area contributed by atoms with Crippen molar-refractivity contribution in [3.8, 4) is 21.9 Å². The summed E-state index contributed by atoms with van der Waals surface area (Å²) in [4.78, 5) is 18.8. The lowest BCUT2D eigenvalue weighted by atomic mass is 10.2. The number of aromatic nitrogens is 2. The molecule has 0 aliphatic rings. The van der Waals surface area contributed by atoms with E-state index in [2.05, 4.69) is 26.0 Å². The van der Waals surface area contributed by atoms with Crippen molar-refractivity contribution in [2.24, 2.45) is 5.10 Å². The minimum Gasteiger partial charge on any atom is -0.503 e. The number of nitrogens with zero attached hydrogens (tertiary/aromatic N) is 3. The molecule has 0 unspecified atom stereocenters. The zero-order valence-corrected chi connectivity index (χ0v) is 17.1. The Hall–Kier alpha value is -2.97. The molecule has 0 spiro atoms. The number of methoxy groups -OCH3 is 1. The Morgan fingerprint density at radius 2 is 2.04 bits per heavy atom. The van der Waals surface area contributed by atoms with Crippen molar-refractivity contribution in [3.63, 3.8) is 0 Å². The molecule has 0 radical (unpaired) electrons. The maximum atomic E-state index is 12.8. The lowest BCUT2D eigenvalue weighted by Crippen LogP contribution is -2.16. The van der Waals surface area contributed by atoms with Crippen LogP contribution in [0, 0.1) is 0 Å². The van der Waals surface area contributed by atoms with Crippen LogP contribution in [0.5, 0.6) is 11.5 Å². The van der Waals surface area contributed by atoms with Gasteiger partial charge in [0.1, 0.15) is 11.2 Å². The molecule has 0 aliphatic heterocycles. The van der Waals surface area contributed by atoms with E-state index in [-0.39, 0.29) is 11.3 Å². The summed E-state index contributed by atoms with van der Waals surface area (Å²) in [5, 5.41) is 14.6. The summed E-state index contributed by atoms with van der Waals surface area (Å²) in [6, 6.07) is 15.0. The maximum Gasteiger partial charge on any atom is 0.282 e. The van der Waals surface area contributed by atoms with Gasteiger partial charge in [0, 0.05) is 4.88 Å². The minimum atomic E-state index is -0.246. The molecule has 0 amide bonds. The van der Waals surface area contributed by atoms with Crippen LogP contribution >= 0.6 is 27.3 Å². The Morgan fingerprint density at radius 3 is 2.79 bits per heavy atom. The van der Waals surface area contributed by atoms with Crippen molar-refractivity contribution < 1.29 is 9.84 Å². The van der Waals surface area contributed by atoms with Gasteiger partial charge in [-0.3, -0.25) is 4.79 Å². The van der Waals surface area contributed by atoms with Crippen LogP contribution in [0.1, 0.15) is 5.56 Å². The summed E-state index contributed by atoms with van der Waals surface area (Å²) >= 11 is 4.73. The predicted molar refractivity (Wildman–Crippen MR) is 115 cm³/mol. The van der Waals surface area contributed by atoms with Gasteiger partial charge in [0.2, 0.25) is 0 Å². The first-order valence-electron chi connectivity index (χ1n) is 8.24. The molecular formula is C20H14BrN3O3S. The Bertz CT molecular complexity index is 1250. The fraction of sp³-hybridized carbons (Fsp3) is 0.0500. The van der Waals surface area contributed by atoms with E-state index < -0.39 is 0 Å². The second kappa shape index (κ2) is 7.57. The van der Waals surface area contributed by atoms with Crippen LogP contribution < -0.4 is 10.3 Å². The highest BCUT2D eigenvalue weighted by Gasteiger charge is 2.11. The largest absolute Gasteiger partial charge is 0.503 e. The van der Waals surface area contributed by atoms with Gasteiger partial charge in [-0.05, 0) is 45.3 Å². The van der Waals surface area contributed by atoms with E-state index in [0.29, 0.717) is 26.0 Å².